The Hall–Kier alpha value is -3.76. The van der Waals surface area contributed by atoms with Gasteiger partial charge in [-0.25, -0.2) is 8.42 Å². The van der Waals surface area contributed by atoms with Gasteiger partial charge < -0.3 is 19.7 Å². The van der Waals surface area contributed by atoms with Gasteiger partial charge in [-0.3, -0.25) is 13.9 Å². The summed E-state index contributed by atoms with van der Waals surface area (Å²) in [6.45, 7) is 3.22. The highest BCUT2D eigenvalue weighted by Gasteiger charge is 2.35. The Bertz CT molecular complexity index is 1560. The van der Waals surface area contributed by atoms with Crippen molar-refractivity contribution in [3.8, 4) is 11.5 Å². The summed E-state index contributed by atoms with van der Waals surface area (Å²) in [5.74, 6) is 0.179. The summed E-state index contributed by atoms with van der Waals surface area (Å²) < 4.78 is 39.9. The molecule has 11 heteroatoms. The molecule has 0 unspecified atom stereocenters. The van der Waals surface area contributed by atoms with Crippen LogP contribution in [0.15, 0.2) is 71.6 Å². The van der Waals surface area contributed by atoms with Crippen molar-refractivity contribution in [1.29, 1.82) is 0 Å². The maximum absolute atomic E-state index is 14.3. The number of aryl methyl sites for hydroxylation is 1. The molecule has 0 spiro atoms. The van der Waals surface area contributed by atoms with Crippen LogP contribution in [0.25, 0.3) is 0 Å². The fourth-order valence-corrected chi connectivity index (χ4v) is 7.09. The zero-order valence-electron chi connectivity index (χ0n) is 25.6. The molecule has 44 heavy (non-hydrogen) atoms. The molecule has 9 nitrogen and oxygen atoms in total. The van der Waals surface area contributed by atoms with Crippen molar-refractivity contribution in [2.24, 2.45) is 0 Å². The van der Waals surface area contributed by atoms with E-state index in [1.165, 1.54) is 30.2 Å². The van der Waals surface area contributed by atoms with Crippen LogP contribution >= 0.6 is 11.6 Å². The zero-order chi connectivity index (χ0) is 31.9. The minimum Gasteiger partial charge on any atom is -0.497 e. The standard InChI is InChI=1S/C33H40ClN3O6S/c1-5-30(33(39)35-25-10-6-7-11-25)36(21-24-9-8-12-27(19-24)42-3)32(38)22-37(26-15-18-31(43-4)29(34)20-26)44(40,41)28-16-13-23(2)14-17-28/h8-9,12-20,25,30H,5-7,10-11,21-22H2,1-4H3,(H,35,39)/t30-/m1/s1. The number of halogens is 1. The topological polar surface area (TPSA) is 105 Å². The number of ether oxygens (including phenoxy) is 2. The van der Waals surface area contributed by atoms with Crippen molar-refractivity contribution in [3.63, 3.8) is 0 Å². The molecule has 0 saturated heterocycles. The van der Waals surface area contributed by atoms with Gasteiger partial charge in [0.15, 0.2) is 0 Å². The van der Waals surface area contributed by atoms with Gasteiger partial charge in [0.25, 0.3) is 10.0 Å². The van der Waals surface area contributed by atoms with E-state index in [1.54, 1.807) is 43.5 Å². The first-order chi connectivity index (χ1) is 21.1. The number of carbonyl (C=O) groups is 2. The normalized spacial score (nSPS) is 14.1. The molecule has 3 aromatic rings. The highest BCUT2D eigenvalue weighted by Crippen LogP contribution is 2.32. The first-order valence-electron chi connectivity index (χ1n) is 14.7. The Kier molecular flexibility index (Phi) is 11.2. The van der Waals surface area contributed by atoms with E-state index < -0.39 is 28.5 Å². The third-order valence-corrected chi connectivity index (χ3v) is 9.97. The molecule has 3 aromatic carbocycles. The molecule has 1 aliphatic rings. The second-order valence-corrected chi connectivity index (χ2v) is 13.2. The summed E-state index contributed by atoms with van der Waals surface area (Å²) in [7, 11) is -1.21. The molecule has 0 bridgehead atoms. The predicted molar refractivity (Wildman–Crippen MR) is 172 cm³/mol. The highest BCUT2D eigenvalue weighted by molar-refractivity contribution is 7.92. The maximum Gasteiger partial charge on any atom is 0.264 e. The number of methoxy groups -OCH3 is 2. The number of amides is 2. The van der Waals surface area contributed by atoms with Crippen molar-refractivity contribution in [2.75, 3.05) is 25.1 Å². The average Bonchev–Trinajstić information content (AvgIpc) is 3.52. The average molecular weight is 642 g/mol. The summed E-state index contributed by atoms with van der Waals surface area (Å²) in [5, 5.41) is 3.31. The molecule has 0 aliphatic heterocycles. The highest BCUT2D eigenvalue weighted by atomic mass is 35.5. The quantitative estimate of drug-likeness (QED) is 0.256. The fraction of sp³-hybridized carbons (Fsp3) is 0.394. The number of nitrogens with zero attached hydrogens (tertiary/aromatic N) is 2. The van der Waals surface area contributed by atoms with Crippen LogP contribution in [-0.4, -0.2) is 58.0 Å². The van der Waals surface area contributed by atoms with Crippen LogP contribution in [0, 0.1) is 6.92 Å². The number of anilines is 1. The molecule has 0 radical (unpaired) electrons. The number of hydrogen-bond acceptors (Lipinski definition) is 6. The Morgan fingerprint density at radius 1 is 1.00 bits per heavy atom. The molecule has 2 amide bonds. The Morgan fingerprint density at radius 3 is 2.32 bits per heavy atom. The van der Waals surface area contributed by atoms with E-state index in [0.717, 1.165) is 41.1 Å². The Balaban J connectivity index is 1.75. The molecule has 236 valence electrons. The van der Waals surface area contributed by atoms with Crippen molar-refractivity contribution in [3.05, 3.63) is 82.9 Å². The van der Waals surface area contributed by atoms with Crippen LogP contribution < -0.4 is 19.1 Å². The van der Waals surface area contributed by atoms with E-state index in [2.05, 4.69) is 5.32 Å². The van der Waals surface area contributed by atoms with Crippen molar-refractivity contribution < 1.29 is 27.5 Å². The summed E-state index contributed by atoms with van der Waals surface area (Å²) in [6.07, 6.45) is 4.22. The number of benzene rings is 3. The minimum atomic E-state index is -4.22. The Labute approximate surface area is 265 Å². The van der Waals surface area contributed by atoms with Gasteiger partial charge in [-0.1, -0.05) is 61.2 Å². The lowest BCUT2D eigenvalue weighted by Gasteiger charge is -2.34. The molecule has 0 aromatic heterocycles. The fourth-order valence-electron chi connectivity index (χ4n) is 5.43. The van der Waals surface area contributed by atoms with E-state index in [4.69, 9.17) is 21.1 Å². The summed E-state index contributed by atoms with van der Waals surface area (Å²) in [5.41, 5.74) is 1.82. The number of nitrogens with one attached hydrogen (secondary N) is 1. The first-order valence-corrected chi connectivity index (χ1v) is 16.5. The monoisotopic (exact) mass is 641 g/mol. The number of rotatable bonds is 13. The van der Waals surface area contributed by atoms with Gasteiger partial charge in [0.1, 0.15) is 24.1 Å². The lowest BCUT2D eigenvalue weighted by molar-refractivity contribution is -0.140. The van der Waals surface area contributed by atoms with E-state index in [1.807, 2.05) is 26.0 Å². The summed E-state index contributed by atoms with van der Waals surface area (Å²) in [6, 6.07) is 17.4. The zero-order valence-corrected chi connectivity index (χ0v) is 27.2. The van der Waals surface area contributed by atoms with Crippen LogP contribution in [-0.2, 0) is 26.2 Å². The van der Waals surface area contributed by atoms with Gasteiger partial charge >= 0.3 is 0 Å². The predicted octanol–water partition coefficient (Wildman–Crippen LogP) is 5.73. The lowest BCUT2D eigenvalue weighted by Crippen LogP contribution is -2.53. The van der Waals surface area contributed by atoms with Gasteiger partial charge in [0.05, 0.1) is 29.8 Å². The van der Waals surface area contributed by atoms with Gasteiger partial charge in [0.2, 0.25) is 11.8 Å². The van der Waals surface area contributed by atoms with Crippen LogP contribution in [0.5, 0.6) is 11.5 Å². The smallest absolute Gasteiger partial charge is 0.264 e. The largest absolute Gasteiger partial charge is 0.497 e. The third-order valence-electron chi connectivity index (χ3n) is 7.89. The van der Waals surface area contributed by atoms with E-state index in [-0.39, 0.29) is 34.1 Å². The molecule has 1 N–H and O–H groups in total. The van der Waals surface area contributed by atoms with Gasteiger partial charge in [-0.05, 0) is 74.2 Å². The molecule has 0 heterocycles. The van der Waals surface area contributed by atoms with Crippen LogP contribution in [0.1, 0.15) is 50.2 Å². The second-order valence-electron chi connectivity index (χ2n) is 10.9. The van der Waals surface area contributed by atoms with Crippen molar-refractivity contribution in [1.82, 2.24) is 10.2 Å². The van der Waals surface area contributed by atoms with E-state index >= 15 is 0 Å². The lowest BCUT2D eigenvalue weighted by atomic mass is 10.1. The molecule has 1 saturated carbocycles. The number of carbonyl (C=O) groups excluding carboxylic acids is 2. The maximum atomic E-state index is 14.3. The van der Waals surface area contributed by atoms with E-state index in [9.17, 15) is 18.0 Å². The SMILES string of the molecule is CC[C@H](C(=O)NC1CCCC1)N(Cc1cccc(OC)c1)C(=O)CN(c1ccc(OC)c(Cl)c1)S(=O)(=O)c1ccc(C)cc1. The van der Waals surface area contributed by atoms with Gasteiger partial charge in [0, 0.05) is 12.6 Å². The Morgan fingerprint density at radius 2 is 1.70 bits per heavy atom. The molecule has 4 rings (SSSR count). The van der Waals surface area contributed by atoms with E-state index in [0.29, 0.717) is 17.9 Å². The third kappa shape index (κ3) is 7.84. The summed E-state index contributed by atoms with van der Waals surface area (Å²) in [4.78, 5) is 29.4. The van der Waals surface area contributed by atoms with Gasteiger partial charge in [-0.15, -0.1) is 0 Å². The number of hydrogen-bond donors (Lipinski definition) is 1. The molecule has 1 atom stereocenters. The second kappa shape index (κ2) is 14.8. The van der Waals surface area contributed by atoms with Crippen molar-refractivity contribution in [2.45, 2.75) is 69.5 Å². The first kappa shape index (κ1) is 33.1. The molecular formula is C33H40ClN3O6S. The van der Waals surface area contributed by atoms with Crippen molar-refractivity contribution >= 4 is 39.1 Å². The van der Waals surface area contributed by atoms with Crippen LogP contribution in [0.4, 0.5) is 5.69 Å². The summed E-state index contributed by atoms with van der Waals surface area (Å²) >= 11 is 6.41. The molecular weight excluding hydrogens is 602 g/mol. The minimum absolute atomic E-state index is 0.0215. The number of sulfonamides is 1. The molecule has 1 fully saturated rings. The van der Waals surface area contributed by atoms with Crippen LogP contribution in [0.2, 0.25) is 5.02 Å². The molecule has 1 aliphatic carbocycles. The van der Waals surface area contributed by atoms with Crippen LogP contribution in [0.3, 0.4) is 0 Å². The van der Waals surface area contributed by atoms with Gasteiger partial charge in [-0.2, -0.15) is 0 Å².